The number of anilines is 1. The normalized spacial score (nSPS) is 16.3. The van der Waals surface area contributed by atoms with Crippen molar-refractivity contribution in [2.45, 2.75) is 43.9 Å². The van der Waals surface area contributed by atoms with Crippen molar-refractivity contribution in [1.29, 1.82) is 0 Å². The molecule has 1 aliphatic heterocycles. The van der Waals surface area contributed by atoms with Crippen molar-refractivity contribution in [2.24, 2.45) is 0 Å². The van der Waals surface area contributed by atoms with Crippen molar-refractivity contribution in [3.05, 3.63) is 6.20 Å². The number of carbonyl (C=O) groups is 1. The summed E-state index contributed by atoms with van der Waals surface area (Å²) in [6.45, 7) is 9.66. The zero-order valence-corrected chi connectivity index (χ0v) is 16.2. The van der Waals surface area contributed by atoms with Crippen LogP contribution in [0.25, 0.3) is 0 Å². The molecular formula is C15H25N3O4S2. The lowest BCUT2D eigenvalue weighted by atomic mass is 10.2. The minimum atomic E-state index is -3.23. The molecule has 1 aliphatic rings. The lowest BCUT2D eigenvalue weighted by Gasteiger charge is -2.35. The van der Waals surface area contributed by atoms with Crippen LogP contribution in [0.5, 0.6) is 0 Å². The van der Waals surface area contributed by atoms with Crippen LogP contribution in [0, 0.1) is 0 Å². The predicted octanol–water partition coefficient (Wildman–Crippen LogP) is 2.38. The number of amides is 1. The van der Waals surface area contributed by atoms with Gasteiger partial charge in [-0.3, -0.25) is 0 Å². The molecule has 1 aromatic heterocycles. The Bertz CT molecular complexity index is 671. The van der Waals surface area contributed by atoms with Gasteiger partial charge in [-0.05, 0) is 27.2 Å². The number of hydrogen-bond donors (Lipinski definition) is 0. The van der Waals surface area contributed by atoms with E-state index in [0.717, 1.165) is 0 Å². The SMILES string of the molecule is CCCS(=O)(=O)c1cnc(N2CCN(C(=O)OC(C)(C)C)CC2)s1. The number of rotatable bonds is 4. The Kier molecular flexibility index (Phi) is 5.74. The average molecular weight is 376 g/mol. The number of ether oxygens (including phenoxy) is 1. The summed E-state index contributed by atoms with van der Waals surface area (Å²) >= 11 is 1.20. The molecule has 9 heteroatoms. The van der Waals surface area contributed by atoms with Gasteiger partial charge in [0.1, 0.15) is 9.81 Å². The monoisotopic (exact) mass is 375 g/mol. The molecule has 0 atom stereocenters. The second-order valence-corrected chi connectivity index (χ2v) is 10.1. The molecule has 24 heavy (non-hydrogen) atoms. The van der Waals surface area contributed by atoms with Crippen molar-refractivity contribution < 1.29 is 17.9 Å². The highest BCUT2D eigenvalue weighted by molar-refractivity contribution is 7.93. The number of carbonyl (C=O) groups excluding carboxylic acids is 1. The van der Waals surface area contributed by atoms with Gasteiger partial charge in [0.2, 0.25) is 0 Å². The Morgan fingerprint density at radius 3 is 2.46 bits per heavy atom. The Hall–Kier alpha value is -1.35. The largest absolute Gasteiger partial charge is 0.444 e. The first-order chi connectivity index (χ1) is 11.1. The fourth-order valence-electron chi connectivity index (χ4n) is 2.32. The van der Waals surface area contributed by atoms with E-state index < -0.39 is 15.4 Å². The third-order valence-electron chi connectivity index (χ3n) is 3.45. The molecule has 0 aromatic carbocycles. The van der Waals surface area contributed by atoms with E-state index in [-0.39, 0.29) is 11.8 Å². The van der Waals surface area contributed by atoms with Crippen molar-refractivity contribution in [3.63, 3.8) is 0 Å². The Morgan fingerprint density at radius 2 is 1.92 bits per heavy atom. The van der Waals surface area contributed by atoms with Gasteiger partial charge in [0.15, 0.2) is 15.0 Å². The van der Waals surface area contributed by atoms with Gasteiger partial charge in [-0.2, -0.15) is 0 Å². The number of sulfone groups is 1. The van der Waals surface area contributed by atoms with Gasteiger partial charge in [0, 0.05) is 26.2 Å². The first-order valence-electron chi connectivity index (χ1n) is 8.04. The van der Waals surface area contributed by atoms with Crippen LogP contribution in [-0.2, 0) is 14.6 Å². The first-order valence-corrected chi connectivity index (χ1v) is 10.5. The Morgan fingerprint density at radius 1 is 1.29 bits per heavy atom. The van der Waals surface area contributed by atoms with Crippen LogP contribution in [0.4, 0.5) is 9.93 Å². The predicted molar refractivity (Wildman–Crippen MR) is 94.5 cm³/mol. The van der Waals surface area contributed by atoms with E-state index in [0.29, 0.717) is 41.9 Å². The molecule has 0 bridgehead atoms. The van der Waals surface area contributed by atoms with Crippen LogP contribution in [0.3, 0.4) is 0 Å². The maximum absolute atomic E-state index is 12.1. The lowest BCUT2D eigenvalue weighted by Crippen LogP contribution is -2.50. The second-order valence-electron chi connectivity index (χ2n) is 6.74. The summed E-state index contributed by atoms with van der Waals surface area (Å²) in [7, 11) is -3.23. The van der Waals surface area contributed by atoms with Crippen molar-refractivity contribution in [2.75, 3.05) is 36.8 Å². The first kappa shape index (κ1) is 19.0. The number of piperazine rings is 1. The van der Waals surface area contributed by atoms with Gasteiger partial charge in [0.05, 0.1) is 11.9 Å². The fraction of sp³-hybridized carbons (Fsp3) is 0.733. The van der Waals surface area contributed by atoms with Crippen molar-refractivity contribution in [3.8, 4) is 0 Å². The number of thiazole rings is 1. The Balaban J connectivity index is 1.96. The molecule has 2 heterocycles. The molecule has 1 amide bonds. The standard InChI is InChI=1S/C15H25N3O4S2/c1-5-10-24(20,21)12-11-16-13(23-12)17-6-8-18(9-7-17)14(19)22-15(2,3)4/h11H,5-10H2,1-4H3. The van der Waals surface area contributed by atoms with E-state index in [1.54, 1.807) is 4.90 Å². The number of nitrogens with zero attached hydrogens (tertiary/aromatic N) is 3. The molecule has 2 rings (SSSR count). The number of aromatic nitrogens is 1. The molecule has 1 fully saturated rings. The van der Waals surface area contributed by atoms with Gasteiger partial charge in [-0.1, -0.05) is 18.3 Å². The third-order valence-corrected chi connectivity index (χ3v) is 6.98. The van der Waals surface area contributed by atoms with Gasteiger partial charge in [-0.25, -0.2) is 18.2 Å². The molecule has 136 valence electrons. The molecule has 7 nitrogen and oxygen atoms in total. The average Bonchev–Trinajstić information content (AvgIpc) is 2.96. The van der Waals surface area contributed by atoms with E-state index in [9.17, 15) is 13.2 Å². The molecule has 0 unspecified atom stereocenters. The van der Waals surface area contributed by atoms with Crippen LogP contribution < -0.4 is 4.90 Å². The van der Waals surface area contributed by atoms with Gasteiger partial charge in [-0.15, -0.1) is 0 Å². The molecule has 0 spiro atoms. The van der Waals surface area contributed by atoms with Crippen LogP contribution in [0.15, 0.2) is 10.4 Å². The van der Waals surface area contributed by atoms with Crippen LogP contribution >= 0.6 is 11.3 Å². The van der Waals surface area contributed by atoms with Gasteiger partial charge < -0.3 is 14.5 Å². The molecule has 0 saturated carbocycles. The minimum absolute atomic E-state index is 0.140. The summed E-state index contributed by atoms with van der Waals surface area (Å²) < 4.78 is 29.9. The van der Waals surface area contributed by atoms with E-state index in [1.165, 1.54) is 17.5 Å². The molecule has 1 saturated heterocycles. The highest BCUT2D eigenvalue weighted by atomic mass is 32.2. The number of hydrogen-bond acceptors (Lipinski definition) is 7. The van der Waals surface area contributed by atoms with Gasteiger partial charge >= 0.3 is 6.09 Å². The molecular weight excluding hydrogens is 350 g/mol. The summed E-state index contributed by atoms with van der Waals surface area (Å²) in [6.07, 6.45) is 1.71. The maximum Gasteiger partial charge on any atom is 0.410 e. The maximum atomic E-state index is 12.1. The summed E-state index contributed by atoms with van der Waals surface area (Å²) in [5, 5.41) is 0.688. The lowest BCUT2D eigenvalue weighted by molar-refractivity contribution is 0.0240. The van der Waals surface area contributed by atoms with E-state index in [2.05, 4.69) is 4.98 Å². The zero-order valence-electron chi connectivity index (χ0n) is 14.6. The quantitative estimate of drug-likeness (QED) is 0.804. The summed E-state index contributed by atoms with van der Waals surface area (Å²) in [5.74, 6) is 0.140. The van der Waals surface area contributed by atoms with Crippen molar-refractivity contribution in [1.82, 2.24) is 9.88 Å². The van der Waals surface area contributed by atoms with E-state index in [4.69, 9.17) is 4.74 Å². The van der Waals surface area contributed by atoms with Crippen LogP contribution in [0.2, 0.25) is 0 Å². The summed E-state index contributed by atoms with van der Waals surface area (Å²) in [5.41, 5.74) is -0.508. The highest BCUT2D eigenvalue weighted by Crippen LogP contribution is 2.28. The van der Waals surface area contributed by atoms with Gasteiger partial charge in [0.25, 0.3) is 0 Å². The second kappa shape index (κ2) is 7.26. The highest BCUT2D eigenvalue weighted by Gasteiger charge is 2.27. The zero-order chi connectivity index (χ0) is 18.0. The molecule has 0 aliphatic carbocycles. The van der Waals surface area contributed by atoms with Crippen LogP contribution in [0.1, 0.15) is 34.1 Å². The smallest absolute Gasteiger partial charge is 0.410 e. The molecule has 0 radical (unpaired) electrons. The topological polar surface area (TPSA) is 79.8 Å². The molecule has 1 aromatic rings. The summed E-state index contributed by atoms with van der Waals surface area (Å²) in [4.78, 5) is 20.0. The summed E-state index contributed by atoms with van der Waals surface area (Å²) in [6, 6.07) is 0. The van der Waals surface area contributed by atoms with E-state index >= 15 is 0 Å². The minimum Gasteiger partial charge on any atom is -0.444 e. The van der Waals surface area contributed by atoms with Crippen molar-refractivity contribution >= 4 is 32.4 Å². The Labute approximate surface area is 147 Å². The van der Waals surface area contributed by atoms with Crippen LogP contribution in [-0.4, -0.2) is 61.9 Å². The third kappa shape index (κ3) is 4.83. The van der Waals surface area contributed by atoms with E-state index in [1.807, 2.05) is 32.6 Å². The molecule has 0 N–H and O–H groups in total. The fourth-order valence-corrected chi connectivity index (χ4v) is 4.95.